The average molecular weight is 440 g/mol. The first-order valence-corrected chi connectivity index (χ1v) is 10.8. The van der Waals surface area contributed by atoms with Crippen molar-refractivity contribution in [2.75, 3.05) is 32.8 Å². The lowest BCUT2D eigenvalue weighted by Crippen LogP contribution is -2.30. The van der Waals surface area contributed by atoms with Crippen molar-refractivity contribution in [3.05, 3.63) is 46.5 Å². The number of likely N-dealkylation sites (N-methyl/N-ethyl adjacent to an activating group) is 1. The molecule has 4 rings (SSSR count). The van der Waals surface area contributed by atoms with Crippen LogP contribution in [0.1, 0.15) is 40.9 Å². The zero-order valence-electron chi connectivity index (χ0n) is 18.9. The van der Waals surface area contributed by atoms with Gasteiger partial charge in [-0.2, -0.15) is 0 Å². The van der Waals surface area contributed by atoms with E-state index in [-0.39, 0.29) is 24.5 Å². The first kappa shape index (κ1) is 22.0. The van der Waals surface area contributed by atoms with E-state index in [1.54, 1.807) is 31.4 Å². The number of hydrogen-bond acceptors (Lipinski definition) is 6. The predicted octanol–water partition coefficient (Wildman–Crippen LogP) is 2.94. The number of fused-ring (bicyclic) bond motifs is 2. The summed E-state index contributed by atoms with van der Waals surface area (Å²) < 4.78 is 17.1. The summed E-state index contributed by atoms with van der Waals surface area (Å²) in [5.74, 6) is 1.60. The number of carbonyl (C=O) groups is 2. The van der Waals surface area contributed by atoms with E-state index in [1.807, 2.05) is 13.8 Å². The van der Waals surface area contributed by atoms with Gasteiger partial charge in [-0.15, -0.1) is 0 Å². The van der Waals surface area contributed by atoms with Crippen LogP contribution in [-0.2, 0) is 24.3 Å². The van der Waals surface area contributed by atoms with Crippen LogP contribution in [0.15, 0.2) is 24.3 Å². The molecule has 0 unspecified atom stereocenters. The topological polar surface area (TPSA) is 89.1 Å². The second-order valence-electron chi connectivity index (χ2n) is 8.43. The quantitative estimate of drug-likeness (QED) is 0.720. The summed E-state index contributed by atoms with van der Waals surface area (Å²) in [6.45, 7) is 5.79. The first-order valence-electron chi connectivity index (χ1n) is 10.8. The SMILES string of the molecule is COc1c2c(c(CNC(=O)c3ccc(NC(=O)C(C)C)cc3)c3c1OCO3)CCN(C)C2. The highest BCUT2D eigenvalue weighted by molar-refractivity contribution is 5.96. The third-order valence-electron chi connectivity index (χ3n) is 5.84. The average Bonchev–Trinajstić information content (AvgIpc) is 3.26. The number of methoxy groups -OCH3 is 1. The Labute approximate surface area is 187 Å². The monoisotopic (exact) mass is 439 g/mol. The Balaban J connectivity index is 1.53. The molecule has 8 heteroatoms. The highest BCUT2D eigenvalue weighted by Crippen LogP contribution is 2.49. The van der Waals surface area contributed by atoms with Crippen LogP contribution < -0.4 is 24.8 Å². The largest absolute Gasteiger partial charge is 0.492 e. The van der Waals surface area contributed by atoms with E-state index in [9.17, 15) is 9.59 Å². The summed E-state index contributed by atoms with van der Waals surface area (Å²) in [5, 5.41) is 5.83. The molecule has 2 heterocycles. The number of benzene rings is 2. The highest BCUT2D eigenvalue weighted by atomic mass is 16.7. The lowest BCUT2D eigenvalue weighted by atomic mass is 9.92. The lowest BCUT2D eigenvalue weighted by Gasteiger charge is -2.29. The fourth-order valence-electron chi connectivity index (χ4n) is 4.05. The summed E-state index contributed by atoms with van der Waals surface area (Å²) in [7, 11) is 3.71. The van der Waals surface area contributed by atoms with Crippen LogP contribution in [0.4, 0.5) is 5.69 Å². The number of amides is 2. The van der Waals surface area contributed by atoms with Gasteiger partial charge in [-0.25, -0.2) is 0 Å². The lowest BCUT2D eigenvalue weighted by molar-refractivity contribution is -0.118. The van der Waals surface area contributed by atoms with Gasteiger partial charge in [0.1, 0.15) is 0 Å². The Morgan fingerprint density at radius 3 is 2.53 bits per heavy atom. The molecule has 0 spiro atoms. The molecule has 0 atom stereocenters. The van der Waals surface area contributed by atoms with Crippen molar-refractivity contribution in [1.82, 2.24) is 10.2 Å². The molecule has 0 saturated carbocycles. The number of ether oxygens (including phenoxy) is 3. The number of rotatable bonds is 6. The molecule has 32 heavy (non-hydrogen) atoms. The minimum Gasteiger partial charge on any atom is -0.492 e. The smallest absolute Gasteiger partial charge is 0.251 e. The Kier molecular flexibility index (Phi) is 6.23. The number of hydrogen-bond donors (Lipinski definition) is 2. The maximum Gasteiger partial charge on any atom is 0.251 e. The third-order valence-corrected chi connectivity index (χ3v) is 5.84. The predicted molar refractivity (Wildman–Crippen MR) is 120 cm³/mol. The van der Waals surface area contributed by atoms with Crippen molar-refractivity contribution in [1.29, 1.82) is 0 Å². The molecule has 2 aromatic rings. The molecule has 2 N–H and O–H groups in total. The van der Waals surface area contributed by atoms with Gasteiger partial charge in [0.2, 0.25) is 18.4 Å². The van der Waals surface area contributed by atoms with Crippen molar-refractivity contribution in [2.45, 2.75) is 33.4 Å². The van der Waals surface area contributed by atoms with Gasteiger partial charge in [0.15, 0.2) is 11.5 Å². The Morgan fingerprint density at radius 1 is 1.12 bits per heavy atom. The number of nitrogens with zero attached hydrogens (tertiary/aromatic N) is 1. The van der Waals surface area contributed by atoms with Crippen LogP contribution in [0.3, 0.4) is 0 Å². The molecule has 0 radical (unpaired) electrons. The van der Waals surface area contributed by atoms with Gasteiger partial charge in [-0.05, 0) is 43.3 Å². The summed E-state index contributed by atoms with van der Waals surface area (Å²) >= 11 is 0. The van der Waals surface area contributed by atoms with Gasteiger partial charge in [0.05, 0.1) is 7.11 Å². The van der Waals surface area contributed by atoms with Crippen LogP contribution in [0.5, 0.6) is 17.2 Å². The second-order valence-corrected chi connectivity index (χ2v) is 8.43. The first-order chi connectivity index (χ1) is 15.4. The molecule has 2 amide bonds. The van der Waals surface area contributed by atoms with Crippen molar-refractivity contribution in [2.24, 2.45) is 5.92 Å². The minimum absolute atomic E-state index is 0.0619. The summed E-state index contributed by atoms with van der Waals surface area (Å²) in [6, 6.07) is 6.87. The van der Waals surface area contributed by atoms with E-state index in [0.29, 0.717) is 35.0 Å². The highest BCUT2D eigenvalue weighted by Gasteiger charge is 2.32. The fraction of sp³-hybridized carbons (Fsp3) is 0.417. The Hall–Kier alpha value is -3.26. The van der Waals surface area contributed by atoms with Crippen LogP contribution in [0.2, 0.25) is 0 Å². The van der Waals surface area contributed by atoms with Gasteiger partial charge in [0, 0.05) is 47.9 Å². The third kappa shape index (κ3) is 4.23. The molecular formula is C24H29N3O5. The van der Waals surface area contributed by atoms with E-state index in [4.69, 9.17) is 14.2 Å². The molecule has 2 aromatic carbocycles. The van der Waals surface area contributed by atoms with Crippen molar-refractivity contribution in [3.63, 3.8) is 0 Å². The Bertz CT molecular complexity index is 1030. The maximum atomic E-state index is 12.8. The van der Waals surface area contributed by atoms with Crippen molar-refractivity contribution in [3.8, 4) is 17.2 Å². The second kappa shape index (κ2) is 9.08. The Morgan fingerprint density at radius 2 is 1.84 bits per heavy atom. The molecule has 170 valence electrons. The number of nitrogens with one attached hydrogen (secondary N) is 2. The number of anilines is 1. The maximum absolute atomic E-state index is 12.8. The van der Waals surface area contributed by atoms with E-state index < -0.39 is 0 Å². The minimum atomic E-state index is -0.197. The zero-order valence-corrected chi connectivity index (χ0v) is 18.9. The number of carbonyl (C=O) groups excluding carboxylic acids is 2. The van der Waals surface area contributed by atoms with E-state index in [0.717, 1.165) is 36.2 Å². The molecule has 2 aliphatic rings. The summed E-state index contributed by atoms with van der Waals surface area (Å²) in [6.07, 6.45) is 0.842. The molecule has 0 fully saturated rings. The van der Waals surface area contributed by atoms with Crippen LogP contribution in [0, 0.1) is 5.92 Å². The normalized spacial score (nSPS) is 14.8. The zero-order chi connectivity index (χ0) is 22.8. The summed E-state index contributed by atoms with van der Waals surface area (Å²) in [4.78, 5) is 26.9. The fourth-order valence-corrected chi connectivity index (χ4v) is 4.05. The molecule has 0 bridgehead atoms. The van der Waals surface area contributed by atoms with Crippen LogP contribution in [0.25, 0.3) is 0 Å². The molecule has 2 aliphatic heterocycles. The van der Waals surface area contributed by atoms with Crippen molar-refractivity contribution >= 4 is 17.5 Å². The van der Waals surface area contributed by atoms with Gasteiger partial charge in [-0.3, -0.25) is 9.59 Å². The van der Waals surface area contributed by atoms with Crippen LogP contribution >= 0.6 is 0 Å². The molecule has 0 saturated heterocycles. The van der Waals surface area contributed by atoms with E-state index in [1.165, 1.54) is 0 Å². The van der Waals surface area contributed by atoms with Crippen LogP contribution in [-0.4, -0.2) is 44.2 Å². The van der Waals surface area contributed by atoms with Gasteiger partial charge in [-0.1, -0.05) is 13.8 Å². The van der Waals surface area contributed by atoms with Gasteiger partial charge in [0.25, 0.3) is 5.91 Å². The van der Waals surface area contributed by atoms with Crippen molar-refractivity contribution < 1.29 is 23.8 Å². The van der Waals surface area contributed by atoms with E-state index >= 15 is 0 Å². The standard InChI is InChI=1S/C24H29N3O5/c1-14(2)23(28)26-16-7-5-15(6-8-16)24(29)25-11-18-17-9-10-27(3)12-19(17)20(30-4)22-21(18)31-13-32-22/h5-8,14H,9-13H2,1-4H3,(H,25,29)(H,26,28). The van der Waals surface area contributed by atoms with Gasteiger partial charge >= 0.3 is 0 Å². The molecule has 0 aliphatic carbocycles. The van der Waals surface area contributed by atoms with Gasteiger partial charge < -0.3 is 29.7 Å². The summed E-state index contributed by atoms with van der Waals surface area (Å²) in [5.41, 5.74) is 4.35. The molecule has 8 nitrogen and oxygen atoms in total. The molecular weight excluding hydrogens is 410 g/mol. The van der Waals surface area contributed by atoms with E-state index in [2.05, 4.69) is 22.6 Å². The molecule has 0 aromatic heterocycles.